The summed E-state index contributed by atoms with van der Waals surface area (Å²) in [4.78, 5) is 11.6. The van der Waals surface area contributed by atoms with Gasteiger partial charge in [-0.25, -0.2) is 0 Å². The Morgan fingerprint density at radius 3 is 2.72 bits per heavy atom. The maximum Gasteiger partial charge on any atom is 0.234 e. The SMILES string of the molecule is CC(C)CCNCC(=O)NCc1ccccc1Cl. The predicted octanol–water partition coefficient (Wildman–Crippen LogP) is 2.59. The molecule has 1 amide bonds. The van der Waals surface area contributed by atoms with Gasteiger partial charge in [-0.1, -0.05) is 43.6 Å². The zero-order chi connectivity index (χ0) is 13.4. The number of halogens is 1. The summed E-state index contributed by atoms with van der Waals surface area (Å²) in [6.07, 6.45) is 1.08. The first-order chi connectivity index (χ1) is 8.59. The second-order valence-electron chi connectivity index (χ2n) is 4.73. The molecule has 0 aliphatic rings. The van der Waals surface area contributed by atoms with E-state index in [-0.39, 0.29) is 5.91 Å². The zero-order valence-corrected chi connectivity index (χ0v) is 11.8. The van der Waals surface area contributed by atoms with E-state index < -0.39 is 0 Å². The van der Waals surface area contributed by atoms with Gasteiger partial charge in [-0.05, 0) is 30.5 Å². The van der Waals surface area contributed by atoms with E-state index in [1.54, 1.807) is 0 Å². The number of amides is 1. The van der Waals surface area contributed by atoms with Gasteiger partial charge in [-0.2, -0.15) is 0 Å². The molecule has 0 atom stereocenters. The molecule has 1 aromatic rings. The molecule has 1 aromatic carbocycles. The van der Waals surface area contributed by atoms with Gasteiger partial charge in [0.25, 0.3) is 0 Å². The summed E-state index contributed by atoms with van der Waals surface area (Å²) in [5, 5.41) is 6.65. The first kappa shape index (κ1) is 15.0. The number of rotatable bonds is 7. The van der Waals surface area contributed by atoms with Crippen LogP contribution in [0, 0.1) is 5.92 Å². The summed E-state index contributed by atoms with van der Waals surface area (Å²) in [7, 11) is 0. The number of benzene rings is 1. The van der Waals surface area contributed by atoms with Crippen LogP contribution in [0.1, 0.15) is 25.8 Å². The predicted molar refractivity (Wildman–Crippen MR) is 75.6 cm³/mol. The Bertz CT molecular complexity index is 380. The molecule has 100 valence electrons. The summed E-state index contributed by atoms with van der Waals surface area (Å²) in [6, 6.07) is 7.52. The van der Waals surface area contributed by atoms with Crippen molar-refractivity contribution in [2.24, 2.45) is 5.92 Å². The molecule has 0 bridgehead atoms. The highest BCUT2D eigenvalue weighted by Gasteiger charge is 2.03. The Balaban J connectivity index is 2.19. The van der Waals surface area contributed by atoms with E-state index in [4.69, 9.17) is 11.6 Å². The van der Waals surface area contributed by atoms with E-state index in [2.05, 4.69) is 24.5 Å². The topological polar surface area (TPSA) is 41.1 Å². The first-order valence-corrected chi connectivity index (χ1v) is 6.68. The highest BCUT2D eigenvalue weighted by atomic mass is 35.5. The van der Waals surface area contributed by atoms with Crippen molar-refractivity contribution in [3.05, 3.63) is 34.9 Å². The fourth-order valence-electron chi connectivity index (χ4n) is 1.49. The number of carbonyl (C=O) groups excluding carboxylic acids is 1. The lowest BCUT2D eigenvalue weighted by molar-refractivity contribution is -0.120. The van der Waals surface area contributed by atoms with E-state index in [1.165, 1.54) is 0 Å². The Kier molecular flexibility index (Phi) is 6.76. The molecular formula is C14H21ClN2O. The van der Waals surface area contributed by atoms with E-state index in [0.29, 0.717) is 24.0 Å². The molecule has 0 spiro atoms. The Hall–Kier alpha value is -1.06. The summed E-state index contributed by atoms with van der Waals surface area (Å²) >= 11 is 6.00. The molecule has 0 fully saturated rings. The summed E-state index contributed by atoms with van der Waals surface area (Å²) in [5.74, 6) is 0.655. The Morgan fingerprint density at radius 1 is 1.33 bits per heavy atom. The molecule has 0 heterocycles. The number of hydrogen-bond donors (Lipinski definition) is 2. The van der Waals surface area contributed by atoms with Gasteiger partial charge in [0.1, 0.15) is 0 Å². The summed E-state index contributed by atoms with van der Waals surface area (Å²) < 4.78 is 0. The number of carbonyl (C=O) groups is 1. The Labute approximate surface area is 114 Å². The van der Waals surface area contributed by atoms with Crippen molar-refractivity contribution in [3.63, 3.8) is 0 Å². The largest absolute Gasteiger partial charge is 0.351 e. The lowest BCUT2D eigenvalue weighted by Crippen LogP contribution is -2.34. The van der Waals surface area contributed by atoms with E-state index in [0.717, 1.165) is 18.5 Å². The second-order valence-corrected chi connectivity index (χ2v) is 5.13. The number of nitrogens with one attached hydrogen (secondary N) is 2. The molecule has 0 saturated heterocycles. The molecule has 0 aliphatic carbocycles. The third-order valence-corrected chi connectivity index (χ3v) is 2.99. The van der Waals surface area contributed by atoms with Crippen LogP contribution >= 0.6 is 11.6 Å². The van der Waals surface area contributed by atoms with Crippen molar-refractivity contribution < 1.29 is 4.79 Å². The van der Waals surface area contributed by atoms with Crippen LogP contribution < -0.4 is 10.6 Å². The normalized spacial score (nSPS) is 10.7. The fourth-order valence-corrected chi connectivity index (χ4v) is 1.69. The smallest absolute Gasteiger partial charge is 0.234 e. The van der Waals surface area contributed by atoms with Crippen molar-refractivity contribution in [2.45, 2.75) is 26.8 Å². The third kappa shape index (κ3) is 6.03. The molecule has 0 radical (unpaired) electrons. The van der Waals surface area contributed by atoms with Crippen LogP contribution in [-0.4, -0.2) is 19.0 Å². The van der Waals surface area contributed by atoms with Gasteiger partial charge in [-0.3, -0.25) is 4.79 Å². The maximum atomic E-state index is 11.6. The van der Waals surface area contributed by atoms with Crippen molar-refractivity contribution in [1.29, 1.82) is 0 Å². The first-order valence-electron chi connectivity index (χ1n) is 6.30. The van der Waals surface area contributed by atoms with Crippen LogP contribution in [0.25, 0.3) is 0 Å². The quantitative estimate of drug-likeness (QED) is 0.747. The molecule has 0 saturated carbocycles. The molecule has 0 aliphatic heterocycles. The van der Waals surface area contributed by atoms with Crippen molar-refractivity contribution in [3.8, 4) is 0 Å². The summed E-state index contributed by atoms with van der Waals surface area (Å²) in [6.45, 7) is 6.04. The van der Waals surface area contributed by atoms with Crippen LogP contribution in [0.4, 0.5) is 0 Å². The molecule has 2 N–H and O–H groups in total. The molecule has 4 heteroatoms. The highest BCUT2D eigenvalue weighted by Crippen LogP contribution is 2.13. The molecular weight excluding hydrogens is 248 g/mol. The van der Waals surface area contributed by atoms with Crippen LogP contribution in [-0.2, 0) is 11.3 Å². The van der Waals surface area contributed by atoms with Gasteiger partial charge in [0, 0.05) is 11.6 Å². The van der Waals surface area contributed by atoms with Crippen molar-refractivity contribution >= 4 is 17.5 Å². The van der Waals surface area contributed by atoms with Crippen LogP contribution in [0.5, 0.6) is 0 Å². The molecule has 0 unspecified atom stereocenters. The standard InChI is InChI=1S/C14H21ClN2O/c1-11(2)7-8-16-10-14(18)17-9-12-5-3-4-6-13(12)15/h3-6,11,16H,7-10H2,1-2H3,(H,17,18). The fraction of sp³-hybridized carbons (Fsp3) is 0.500. The van der Waals surface area contributed by atoms with E-state index in [1.807, 2.05) is 24.3 Å². The van der Waals surface area contributed by atoms with Crippen LogP contribution in [0.2, 0.25) is 5.02 Å². The Morgan fingerprint density at radius 2 is 2.06 bits per heavy atom. The molecule has 1 rings (SSSR count). The average molecular weight is 269 g/mol. The minimum Gasteiger partial charge on any atom is -0.351 e. The summed E-state index contributed by atoms with van der Waals surface area (Å²) in [5.41, 5.74) is 0.940. The molecule has 0 aromatic heterocycles. The van der Waals surface area contributed by atoms with Crippen LogP contribution in [0.15, 0.2) is 24.3 Å². The van der Waals surface area contributed by atoms with E-state index in [9.17, 15) is 4.79 Å². The van der Waals surface area contributed by atoms with Gasteiger partial charge >= 0.3 is 0 Å². The average Bonchev–Trinajstić information content (AvgIpc) is 2.33. The molecule has 3 nitrogen and oxygen atoms in total. The zero-order valence-electron chi connectivity index (χ0n) is 11.0. The third-order valence-electron chi connectivity index (χ3n) is 2.62. The van der Waals surface area contributed by atoms with E-state index >= 15 is 0 Å². The van der Waals surface area contributed by atoms with Crippen LogP contribution in [0.3, 0.4) is 0 Å². The maximum absolute atomic E-state index is 11.6. The number of hydrogen-bond acceptors (Lipinski definition) is 2. The lowest BCUT2D eigenvalue weighted by Gasteiger charge is -2.08. The minimum atomic E-state index is -0.00123. The second kappa shape index (κ2) is 8.11. The van der Waals surface area contributed by atoms with Gasteiger partial charge in [0.15, 0.2) is 0 Å². The van der Waals surface area contributed by atoms with Gasteiger partial charge in [0.2, 0.25) is 5.91 Å². The highest BCUT2D eigenvalue weighted by molar-refractivity contribution is 6.31. The van der Waals surface area contributed by atoms with Gasteiger partial charge in [-0.15, -0.1) is 0 Å². The molecule has 18 heavy (non-hydrogen) atoms. The van der Waals surface area contributed by atoms with Gasteiger partial charge in [0.05, 0.1) is 6.54 Å². The van der Waals surface area contributed by atoms with Gasteiger partial charge < -0.3 is 10.6 Å². The monoisotopic (exact) mass is 268 g/mol. The minimum absolute atomic E-state index is 0.00123. The van der Waals surface area contributed by atoms with Crippen molar-refractivity contribution in [1.82, 2.24) is 10.6 Å². The van der Waals surface area contributed by atoms with Crippen molar-refractivity contribution in [2.75, 3.05) is 13.1 Å². The lowest BCUT2D eigenvalue weighted by atomic mass is 10.1.